The molecule has 0 atom stereocenters. The molecule has 0 aliphatic carbocycles. The van der Waals surface area contributed by atoms with Crippen molar-refractivity contribution >= 4 is 34.7 Å². The summed E-state index contributed by atoms with van der Waals surface area (Å²) >= 11 is 6.13. The van der Waals surface area contributed by atoms with E-state index < -0.39 is 0 Å². The molecular formula is C16H13ClN4. The second kappa shape index (κ2) is 6.24. The van der Waals surface area contributed by atoms with Gasteiger partial charge in [0, 0.05) is 11.4 Å². The van der Waals surface area contributed by atoms with Crippen LogP contribution < -0.4 is 10.6 Å². The molecule has 0 amide bonds. The van der Waals surface area contributed by atoms with Crippen LogP contribution in [0.3, 0.4) is 0 Å². The van der Waals surface area contributed by atoms with Gasteiger partial charge in [-0.15, -0.1) is 0 Å². The quantitative estimate of drug-likeness (QED) is 0.738. The van der Waals surface area contributed by atoms with E-state index in [2.05, 4.69) is 20.6 Å². The lowest BCUT2D eigenvalue weighted by Gasteiger charge is -2.10. The Hall–Kier alpha value is -2.59. The molecule has 104 valence electrons. The molecule has 0 unspecified atom stereocenters. The van der Waals surface area contributed by atoms with Gasteiger partial charge in [-0.2, -0.15) is 4.98 Å². The lowest BCUT2D eigenvalue weighted by atomic mass is 10.3. The van der Waals surface area contributed by atoms with Gasteiger partial charge < -0.3 is 10.6 Å². The number of hydrogen-bond acceptors (Lipinski definition) is 4. The summed E-state index contributed by atoms with van der Waals surface area (Å²) in [6.45, 7) is 0. The maximum atomic E-state index is 6.13. The summed E-state index contributed by atoms with van der Waals surface area (Å²) in [5.41, 5.74) is 1.84. The predicted molar refractivity (Wildman–Crippen MR) is 86.5 cm³/mol. The molecule has 1 heterocycles. The van der Waals surface area contributed by atoms with Crippen LogP contribution in [0.5, 0.6) is 0 Å². The summed E-state index contributed by atoms with van der Waals surface area (Å²) in [6.07, 6.45) is 1.57. The summed E-state index contributed by atoms with van der Waals surface area (Å²) in [5.74, 6) is 1.06. The zero-order valence-corrected chi connectivity index (χ0v) is 11.9. The summed E-state index contributed by atoms with van der Waals surface area (Å²) in [4.78, 5) is 8.58. The molecule has 3 aromatic rings. The Kier molecular flexibility index (Phi) is 3.98. The standard InChI is InChI=1S/C16H13ClN4/c17-14-11-18-16(20-13-9-5-2-6-10-13)21-15(14)19-12-7-3-1-4-8-12/h1-11H,(H2,18,19,20,21). The van der Waals surface area contributed by atoms with E-state index in [9.17, 15) is 0 Å². The van der Waals surface area contributed by atoms with Gasteiger partial charge in [-0.3, -0.25) is 0 Å². The van der Waals surface area contributed by atoms with E-state index in [1.54, 1.807) is 6.20 Å². The molecule has 0 fully saturated rings. The number of rotatable bonds is 4. The fraction of sp³-hybridized carbons (Fsp3) is 0. The second-order valence-electron chi connectivity index (χ2n) is 4.37. The third-order valence-electron chi connectivity index (χ3n) is 2.81. The SMILES string of the molecule is Clc1cnc(Nc2ccccc2)nc1Nc1ccccc1. The lowest BCUT2D eigenvalue weighted by Crippen LogP contribution is -2.01. The molecule has 0 radical (unpaired) electrons. The van der Waals surface area contributed by atoms with Crippen LogP contribution >= 0.6 is 11.6 Å². The first kappa shape index (κ1) is 13.4. The van der Waals surface area contributed by atoms with Gasteiger partial charge in [0.2, 0.25) is 5.95 Å². The number of nitrogens with zero attached hydrogens (tertiary/aromatic N) is 2. The van der Waals surface area contributed by atoms with Crippen LogP contribution in [0.4, 0.5) is 23.1 Å². The molecule has 2 aromatic carbocycles. The maximum absolute atomic E-state index is 6.13. The number of nitrogens with one attached hydrogen (secondary N) is 2. The van der Waals surface area contributed by atoms with Crippen molar-refractivity contribution in [1.82, 2.24) is 9.97 Å². The summed E-state index contributed by atoms with van der Waals surface area (Å²) in [5, 5.41) is 6.78. The average molecular weight is 297 g/mol. The highest BCUT2D eigenvalue weighted by molar-refractivity contribution is 6.32. The first-order chi connectivity index (χ1) is 10.3. The van der Waals surface area contributed by atoms with Crippen LogP contribution in [-0.2, 0) is 0 Å². The van der Waals surface area contributed by atoms with Gasteiger partial charge in [0.1, 0.15) is 5.02 Å². The van der Waals surface area contributed by atoms with Gasteiger partial charge >= 0.3 is 0 Å². The van der Waals surface area contributed by atoms with E-state index in [1.165, 1.54) is 0 Å². The Morgan fingerprint density at radius 3 is 1.95 bits per heavy atom. The first-order valence-electron chi connectivity index (χ1n) is 6.48. The van der Waals surface area contributed by atoms with Crippen LogP contribution in [0.25, 0.3) is 0 Å². The Morgan fingerprint density at radius 2 is 1.33 bits per heavy atom. The van der Waals surface area contributed by atoms with Crippen molar-refractivity contribution in [2.75, 3.05) is 10.6 Å². The Morgan fingerprint density at radius 1 is 0.762 bits per heavy atom. The molecule has 2 N–H and O–H groups in total. The smallest absolute Gasteiger partial charge is 0.229 e. The van der Waals surface area contributed by atoms with Gasteiger partial charge in [-0.05, 0) is 24.3 Å². The Labute approximate surface area is 127 Å². The average Bonchev–Trinajstić information content (AvgIpc) is 2.53. The van der Waals surface area contributed by atoms with Gasteiger partial charge in [-0.1, -0.05) is 48.0 Å². The molecule has 0 saturated carbocycles. The fourth-order valence-corrected chi connectivity index (χ4v) is 1.96. The zero-order valence-electron chi connectivity index (χ0n) is 11.1. The number of halogens is 1. The highest BCUT2D eigenvalue weighted by atomic mass is 35.5. The van der Waals surface area contributed by atoms with E-state index in [-0.39, 0.29) is 0 Å². The molecule has 0 aliphatic rings. The molecule has 5 heteroatoms. The normalized spacial score (nSPS) is 10.1. The molecule has 3 rings (SSSR count). The molecule has 1 aromatic heterocycles. The number of anilines is 4. The first-order valence-corrected chi connectivity index (χ1v) is 6.86. The number of para-hydroxylation sites is 2. The topological polar surface area (TPSA) is 49.8 Å². The van der Waals surface area contributed by atoms with E-state index in [0.717, 1.165) is 11.4 Å². The molecule has 21 heavy (non-hydrogen) atoms. The predicted octanol–water partition coefficient (Wildman–Crippen LogP) is 4.62. The Balaban J connectivity index is 1.83. The Bertz CT molecular complexity index is 717. The number of benzene rings is 2. The van der Waals surface area contributed by atoms with Crippen molar-refractivity contribution in [1.29, 1.82) is 0 Å². The minimum atomic E-state index is 0.470. The molecule has 0 saturated heterocycles. The minimum absolute atomic E-state index is 0.470. The van der Waals surface area contributed by atoms with Crippen LogP contribution in [-0.4, -0.2) is 9.97 Å². The van der Waals surface area contributed by atoms with E-state index in [0.29, 0.717) is 16.8 Å². The van der Waals surface area contributed by atoms with Crippen molar-refractivity contribution in [2.45, 2.75) is 0 Å². The molecular weight excluding hydrogens is 284 g/mol. The third-order valence-corrected chi connectivity index (χ3v) is 3.09. The monoisotopic (exact) mass is 296 g/mol. The van der Waals surface area contributed by atoms with Gasteiger partial charge in [0.15, 0.2) is 5.82 Å². The van der Waals surface area contributed by atoms with E-state index >= 15 is 0 Å². The largest absolute Gasteiger partial charge is 0.339 e. The summed E-state index contributed by atoms with van der Waals surface area (Å²) in [6, 6.07) is 19.5. The summed E-state index contributed by atoms with van der Waals surface area (Å²) in [7, 11) is 0. The van der Waals surface area contributed by atoms with Crippen LogP contribution in [0.15, 0.2) is 66.9 Å². The molecule has 0 aliphatic heterocycles. The molecule has 4 nitrogen and oxygen atoms in total. The number of aromatic nitrogens is 2. The van der Waals surface area contributed by atoms with Crippen molar-refractivity contribution in [2.24, 2.45) is 0 Å². The molecule has 0 spiro atoms. The fourth-order valence-electron chi connectivity index (χ4n) is 1.82. The second-order valence-corrected chi connectivity index (χ2v) is 4.78. The summed E-state index contributed by atoms with van der Waals surface area (Å²) < 4.78 is 0. The van der Waals surface area contributed by atoms with Crippen molar-refractivity contribution in [3.63, 3.8) is 0 Å². The van der Waals surface area contributed by atoms with Gasteiger partial charge in [0.25, 0.3) is 0 Å². The highest BCUT2D eigenvalue weighted by Gasteiger charge is 2.06. The van der Waals surface area contributed by atoms with Crippen molar-refractivity contribution < 1.29 is 0 Å². The zero-order chi connectivity index (χ0) is 14.5. The minimum Gasteiger partial charge on any atom is -0.339 e. The van der Waals surface area contributed by atoms with Gasteiger partial charge in [0.05, 0.1) is 6.20 Å². The molecule has 0 bridgehead atoms. The third kappa shape index (κ3) is 3.49. The maximum Gasteiger partial charge on any atom is 0.229 e. The van der Waals surface area contributed by atoms with E-state index in [4.69, 9.17) is 11.6 Å². The van der Waals surface area contributed by atoms with Crippen molar-refractivity contribution in [3.8, 4) is 0 Å². The lowest BCUT2D eigenvalue weighted by molar-refractivity contribution is 1.17. The highest BCUT2D eigenvalue weighted by Crippen LogP contribution is 2.24. The van der Waals surface area contributed by atoms with E-state index in [1.807, 2.05) is 60.7 Å². The van der Waals surface area contributed by atoms with Crippen LogP contribution in [0.2, 0.25) is 5.02 Å². The van der Waals surface area contributed by atoms with Gasteiger partial charge in [-0.25, -0.2) is 4.98 Å². The van der Waals surface area contributed by atoms with Crippen molar-refractivity contribution in [3.05, 3.63) is 71.9 Å². The number of hydrogen-bond donors (Lipinski definition) is 2. The van der Waals surface area contributed by atoms with Crippen LogP contribution in [0.1, 0.15) is 0 Å². The van der Waals surface area contributed by atoms with Crippen LogP contribution in [0, 0.1) is 0 Å².